The lowest BCUT2D eigenvalue weighted by molar-refractivity contribution is 0.320. The Morgan fingerprint density at radius 1 is 1.73 bits per heavy atom. The summed E-state index contributed by atoms with van der Waals surface area (Å²) < 4.78 is 0.987. The minimum absolute atomic E-state index is 0.0751. The van der Waals surface area contributed by atoms with E-state index in [0.717, 1.165) is 10.1 Å². The molecule has 5 heteroatoms. The van der Waals surface area contributed by atoms with Gasteiger partial charge in [-0.05, 0) is 6.92 Å². The summed E-state index contributed by atoms with van der Waals surface area (Å²) in [5.41, 5.74) is 0. The number of hydrogen-bond donors (Lipinski definition) is 1. The predicted molar refractivity (Wildman–Crippen MR) is 52.1 cm³/mol. The van der Waals surface area contributed by atoms with Crippen LogP contribution in [-0.2, 0) is 0 Å². The van der Waals surface area contributed by atoms with Crippen molar-refractivity contribution < 1.29 is 5.21 Å². The van der Waals surface area contributed by atoms with E-state index in [9.17, 15) is 0 Å². The molecule has 3 nitrogen and oxygen atoms in total. The van der Waals surface area contributed by atoms with Crippen molar-refractivity contribution in [3.8, 4) is 0 Å². The zero-order valence-corrected chi connectivity index (χ0v) is 8.08. The Hall–Kier alpha value is -0.160. The van der Waals surface area contributed by atoms with Crippen molar-refractivity contribution in [1.82, 2.24) is 0 Å². The Kier molecular flexibility index (Phi) is 2.84. The fourth-order valence-corrected chi connectivity index (χ4v) is 3.36. The number of nitrogens with zero attached hydrogens (tertiary/aromatic N) is 2. The molecule has 1 fully saturated rings. The Labute approximate surface area is 74.3 Å². The van der Waals surface area contributed by atoms with Crippen LogP contribution in [0, 0.1) is 0 Å². The standard InChI is InChI=1S/C6H10N2OS2/c1-6(3-8-9)4-10-5(7-2)11-6/h3,9H,4H2,1-2H3/b7-5?,8-3-/t6-/m1/s1. The Balaban J connectivity index is 2.65. The van der Waals surface area contributed by atoms with Crippen molar-refractivity contribution in [3.63, 3.8) is 0 Å². The lowest BCUT2D eigenvalue weighted by Crippen LogP contribution is -2.21. The Morgan fingerprint density at radius 3 is 2.91 bits per heavy atom. The van der Waals surface area contributed by atoms with E-state index in [0.29, 0.717) is 0 Å². The van der Waals surface area contributed by atoms with E-state index >= 15 is 0 Å². The fraction of sp³-hybridized carbons (Fsp3) is 0.667. The second-order valence-corrected chi connectivity index (χ2v) is 5.18. The number of hydrogen-bond acceptors (Lipinski definition) is 5. The SMILES string of the molecule is CN=C1SC[C@@](C)(/C=N\O)S1. The lowest BCUT2D eigenvalue weighted by Gasteiger charge is -2.11. The summed E-state index contributed by atoms with van der Waals surface area (Å²) >= 11 is 3.34. The van der Waals surface area contributed by atoms with Gasteiger partial charge in [-0.25, -0.2) is 0 Å². The monoisotopic (exact) mass is 190 g/mol. The molecule has 1 N–H and O–H groups in total. The number of oxime groups is 1. The molecule has 62 valence electrons. The molecule has 1 atom stereocenters. The molecule has 0 aromatic carbocycles. The first kappa shape index (κ1) is 8.93. The quantitative estimate of drug-likeness (QED) is 0.388. The molecule has 0 spiro atoms. The molecule has 0 aliphatic carbocycles. The highest BCUT2D eigenvalue weighted by molar-refractivity contribution is 8.42. The van der Waals surface area contributed by atoms with Gasteiger partial charge in [0, 0.05) is 12.8 Å². The van der Waals surface area contributed by atoms with Gasteiger partial charge in [-0.15, -0.1) is 5.16 Å². The highest BCUT2D eigenvalue weighted by Crippen LogP contribution is 2.40. The molecule has 1 saturated heterocycles. The van der Waals surface area contributed by atoms with Gasteiger partial charge < -0.3 is 5.21 Å². The average Bonchev–Trinajstić information content (AvgIpc) is 2.33. The first-order chi connectivity index (χ1) is 5.20. The maximum atomic E-state index is 8.36. The molecule has 1 rings (SSSR count). The summed E-state index contributed by atoms with van der Waals surface area (Å²) in [6, 6.07) is 0. The van der Waals surface area contributed by atoms with Crippen LogP contribution in [-0.4, -0.2) is 33.3 Å². The fourth-order valence-electron chi connectivity index (χ4n) is 0.759. The molecule has 1 aliphatic heterocycles. The van der Waals surface area contributed by atoms with E-state index in [1.807, 2.05) is 6.92 Å². The molecule has 0 aromatic heterocycles. The maximum Gasteiger partial charge on any atom is 0.125 e. The van der Waals surface area contributed by atoms with E-state index in [-0.39, 0.29) is 4.75 Å². The van der Waals surface area contributed by atoms with Crippen molar-refractivity contribution >= 4 is 34.1 Å². The van der Waals surface area contributed by atoms with Crippen molar-refractivity contribution in [2.75, 3.05) is 12.8 Å². The summed E-state index contributed by atoms with van der Waals surface area (Å²) in [5, 5.41) is 11.4. The lowest BCUT2D eigenvalue weighted by atomic mass is 10.2. The van der Waals surface area contributed by atoms with Crippen LogP contribution in [0.25, 0.3) is 0 Å². The summed E-state index contributed by atoms with van der Waals surface area (Å²) in [4.78, 5) is 4.06. The summed E-state index contributed by atoms with van der Waals surface area (Å²) in [6.45, 7) is 2.03. The smallest absolute Gasteiger partial charge is 0.125 e. The van der Waals surface area contributed by atoms with Crippen LogP contribution in [0.5, 0.6) is 0 Å². The van der Waals surface area contributed by atoms with Crippen LogP contribution in [0.2, 0.25) is 0 Å². The van der Waals surface area contributed by atoms with Crippen molar-refractivity contribution in [1.29, 1.82) is 0 Å². The predicted octanol–water partition coefficient (Wildman–Crippen LogP) is 1.67. The van der Waals surface area contributed by atoms with Gasteiger partial charge in [0.25, 0.3) is 0 Å². The molecular formula is C6H10N2OS2. The van der Waals surface area contributed by atoms with E-state index in [1.54, 1.807) is 36.8 Å². The number of aliphatic imine (C=N–C) groups is 1. The van der Waals surface area contributed by atoms with Crippen molar-refractivity contribution in [2.45, 2.75) is 11.7 Å². The zero-order valence-electron chi connectivity index (χ0n) is 6.44. The molecule has 0 bridgehead atoms. The van der Waals surface area contributed by atoms with Gasteiger partial charge in [-0.3, -0.25) is 4.99 Å². The van der Waals surface area contributed by atoms with Gasteiger partial charge in [0.1, 0.15) is 4.38 Å². The van der Waals surface area contributed by atoms with E-state index in [4.69, 9.17) is 5.21 Å². The molecule has 1 heterocycles. The van der Waals surface area contributed by atoms with Gasteiger partial charge in [0.05, 0.1) is 11.0 Å². The van der Waals surface area contributed by atoms with E-state index in [2.05, 4.69) is 10.1 Å². The topological polar surface area (TPSA) is 45.0 Å². The minimum atomic E-state index is -0.0751. The van der Waals surface area contributed by atoms with Crippen molar-refractivity contribution in [3.05, 3.63) is 0 Å². The average molecular weight is 190 g/mol. The molecule has 0 aromatic rings. The summed E-state index contributed by atoms with van der Waals surface area (Å²) in [6.07, 6.45) is 1.56. The first-order valence-corrected chi connectivity index (χ1v) is 4.97. The van der Waals surface area contributed by atoms with E-state index < -0.39 is 0 Å². The molecule has 0 amide bonds. The van der Waals surface area contributed by atoms with Crippen LogP contribution in [0.4, 0.5) is 0 Å². The number of thioether (sulfide) groups is 2. The van der Waals surface area contributed by atoms with Crippen LogP contribution in [0.3, 0.4) is 0 Å². The van der Waals surface area contributed by atoms with Crippen molar-refractivity contribution in [2.24, 2.45) is 10.1 Å². The van der Waals surface area contributed by atoms with Gasteiger partial charge in [0.2, 0.25) is 0 Å². The van der Waals surface area contributed by atoms with Gasteiger partial charge in [0.15, 0.2) is 0 Å². The van der Waals surface area contributed by atoms with Crippen LogP contribution >= 0.6 is 23.5 Å². The largest absolute Gasteiger partial charge is 0.411 e. The third kappa shape index (κ3) is 2.13. The van der Waals surface area contributed by atoms with Crippen LogP contribution < -0.4 is 0 Å². The normalized spacial score (nSPS) is 35.6. The minimum Gasteiger partial charge on any atom is -0.411 e. The molecule has 0 unspecified atom stereocenters. The summed E-state index contributed by atoms with van der Waals surface area (Å²) in [7, 11) is 1.77. The molecule has 1 aliphatic rings. The van der Waals surface area contributed by atoms with Gasteiger partial charge >= 0.3 is 0 Å². The third-order valence-electron chi connectivity index (χ3n) is 1.32. The zero-order chi connectivity index (χ0) is 8.32. The second-order valence-electron chi connectivity index (χ2n) is 2.44. The Bertz CT molecular complexity index is 205. The molecule has 0 saturated carbocycles. The molecule has 0 radical (unpaired) electrons. The van der Waals surface area contributed by atoms with Gasteiger partial charge in [-0.1, -0.05) is 23.5 Å². The van der Waals surface area contributed by atoms with Crippen LogP contribution in [0.15, 0.2) is 10.1 Å². The first-order valence-electron chi connectivity index (χ1n) is 3.17. The van der Waals surface area contributed by atoms with Gasteiger partial charge in [-0.2, -0.15) is 0 Å². The maximum absolute atomic E-state index is 8.36. The third-order valence-corrected chi connectivity index (χ3v) is 4.35. The highest BCUT2D eigenvalue weighted by Gasteiger charge is 2.32. The number of rotatable bonds is 1. The highest BCUT2D eigenvalue weighted by atomic mass is 32.2. The second kappa shape index (κ2) is 3.49. The molecular weight excluding hydrogens is 180 g/mol. The molecule has 11 heavy (non-hydrogen) atoms. The Morgan fingerprint density at radius 2 is 2.45 bits per heavy atom. The van der Waals surface area contributed by atoms with Crippen LogP contribution in [0.1, 0.15) is 6.92 Å². The summed E-state index contributed by atoms with van der Waals surface area (Å²) in [5.74, 6) is 0.925. The van der Waals surface area contributed by atoms with E-state index in [1.165, 1.54) is 0 Å².